The minimum atomic E-state index is -0.288. The maximum absolute atomic E-state index is 12.2. The minimum absolute atomic E-state index is 0.0663. The van der Waals surface area contributed by atoms with Gasteiger partial charge in [0, 0.05) is 43.1 Å². The van der Waals surface area contributed by atoms with Crippen LogP contribution in [-0.2, 0) is 9.59 Å². The lowest BCUT2D eigenvalue weighted by atomic mass is 10.2. The van der Waals surface area contributed by atoms with Crippen molar-refractivity contribution >= 4 is 40.5 Å². The molecule has 0 atom stereocenters. The van der Waals surface area contributed by atoms with Gasteiger partial charge >= 0.3 is 0 Å². The first kappa shape index (κ1) is 17.8. The molecule has 2 aromatic carbocycles. The lowest BCUT2D eigenvalue weighted by Gasteiger charge is -2.22. The van der Waals surface area contributed by atoms with Gasteiger partial charge in [-0.3, -0.25) is 9.59 Å². The molecule has 24 heavy (non-hydrogen) atoms. The third kappa shape index (κ3) is 4.73. The molecule has 0 radical (unpaired) electrons. The van der Waals surface area contributed by atoms with Gasteiger partial charge in [-0.05, 0) is 42.5 Å². The minimum Gasteiger partial charge on any atom is -0.378 e. The number of halogens is 1. The van der Waals surface area contributed by atoms with E-state index < -0.39 is 0 Å². The first-order chi connectivity index (χ1) is 11.4. The zero-order valence-electron chi connectivity index (χ0n) is 13.9. The van der Waals surface area contributed by atoms with E-state index in [0.29, 0.717) is 16.4 Å². The quantitative estimate of drug-likeness (QED) is 0.903. The van der Waals surface area contributed by atoms with Crippen LogP contribution in [0.15, 0.2) is 48.5 Å². The van der Waals surface area contributed by atoms with E-state index in [9.17, 15) is 9.59 Å². The number of anilines is 3. The smallest absolute Gasteiger partial charge is 0.244 e. The highest BCUT2D eigenvalue weighted by Crippen LogP contribution is 2.20. The molecule has 0 unspecified atom stereocenters. The van der Waals surface area contributed by atoms with Crippen molar-refractivity contribution in [3.63, 3.8) is 0 Å². The zero-order chi connectivity index (χ0) is 17.7. The van der Waals surface area contributed by atoms with Gasteiger partial charge in [-0.1, -0.05) is 17.7 Å². The van der Waals surface area contributed by atoms with Crippen LogP contribution >= 0.6 is 11.6 Å². The second-order valence-electron chi connectivity index (χ2n) is 5.57. The molecule has 5 nitrogen and oxygen atoms in total. The Kier molecular flexibility index (Phi) is 5.82. The summed E-state index contributed by atoms with van der Waals surface area (Å²) in [6.45, 7) is 1.37. The van der Waals surface area contributed by atoms with Crippen molar-refractivity contribution in [1.29, 1.82) is 0 Å². The van der Waals surface area contributed by atoms with Crippen LogP contribution in [0.4, 0.5) is 17.1 Å². The first-order valence-electron chi connectivity index (χ1n) is 7.47. The molecule has 0 aliphatic carbocycles. The second kappa shape index (κ2) is 7.84. The van der Waals surface area contributed by atoms with Crippen LogP contribution in [0.3, 0.4) is 0 Å². The summed E-state index contributed by atoms with van der Waals surface area (Å²) in [5.74, 6) is -0.488. The molecule has 0 spiro atoms. The molecule has 2 aromatic rings. The molecule has 1 N–H and O–H groups in total. The van der Waals surface area contributed by atoms with E-state index in [-0.39, 0.29) is 18.4 Å². The molecule has 2 rings (SSSR count). The van der Waals surface area contributed by atoms with Crippen molar-refractivity contribution in [1.82, 2.24) is 0 Å². The molecule has 0 heterocycles. The van der Waals surface area contributed by atoms with E-state index >= 15 is 0 Å². The van der Waals surface area contributed by atoms with Crippen LogP contribution < -0.4 is 15.1 Å². The molecule has 0 saturated heterocycles. The summed E-state index contributed by atoms with van der Waals surface area (Å²) in [4.78, 5) is 27.5. The molecular formula is C18H20ClN3O2. The fourth-order valence-electron chi connectivity index (χ4n) is 2.23. The topological polar surface area (TPSA) is 52.7 Å². The Morgan fingerprint density at radius 1 is 1.04 bits per heavy atom. The summed E-state index contributed by atoms with van der Waals surface area (Å²) >= 11 is 5.90. The Hall–Kier alpha value is -2.53. The van der Waals surface area contributed by atoms with Gasteiger partial charge in [0.25, 0.3) is 0 Å². The highest BCUT2D eigenvalue weighted by Gasteiger charge is 2.16. The van der Waals surface area contributed by atoms with Crippen molar-refractivity contribution in [3.8, 4) is 0 Å². The van der Waals surface area contributed by atoms with Crippen molar-refractivity contribution < 1.29 is 9.59 Å². The average Bonchev–Trinajstić information content (AvgIpc) is 2.52. The number of carbonyl (C=O) groups excluding carboxylic acids is 2. The van der Waals surface area contributed by atoms with Crippen molar-refractivity contribution in [2.75, 3.05) is 35.8 Å². The number of nitrogens with zero attached hydrogens (tertiary/aromatic N) is 2. The summed E-state index contributed by atoms with van der Waals surface area (Å²) in [5, 5.41) is 3.28. The number of carbonyl (C=O) groups is 2. The molecule has 2 amide bonds. The predicted octanol–water partition coefficient (Wildman–Crippen LogP) is 3.40. The number of hydrogen-bond donors (Lipinski definition) is 1. The molecule has 6 heteroatoms. The molecule has 126 valence electrons. The Balaban J connectivity index is 2.10. The lowest BCUT2D eigenvalue weighted by Crippen LogP contribution is -2.36. The fourth-order valence-corrected chi connectivity index (χ4v) is 2.42. The van der Waals surface area contributed by atoms with Crippen LogP contribution in [-0.4, -0.2) is 32.5 Å². The fraction of sp³-hybridized carbons (Fsp3) is 0.222. The normalized spacial score (nSPS) is 10.2. The maximum Gasteiger partial charge on any atom is 0.244 e. The second-order valence-corrected chi connectivity index (χ2v) is 6.01. The molecule has 0 aliphatic rings. The average molecular weight is 346 g/mol. The number of nitrogens with one attached hydrogen (secondary N) is 1. The van der Waals surface area contributed by atoms with Crippen LogP contribution in [0.1, 0.15) is 6.92 Å². The van der Waals surface area contributed by atoms with E-state index in [2.05, 4.69) is 5.32 Å². The van der Waals surface area contributed by atoms with Crippen molar-refractivity contribution in [3.05, 3.63) is 53.6 Å². The number of amides is 2. The third-order valence-electron chi connectivity index (χ3n) is 3.47. The van der Waals surface area contributed by atoms with E-state index in [1.807, 2.05) is 43.3 Å². The van der Waals surface area contributed by atoms with Gasteiger partial charge in [-0.25, -0.2) is 0 Å². The maximum atomic E-state index is 12.2. The van der Waals surface area contributed by atoms with Gasteiger partial charge in [0.05, 0.1) is 0 Å². The Morgan fingerprint density at radius 2 is 1.67 bits per heavy atom. The third-order valence-corrected chi connectivity index (χ3v) is 3.70. The van der Waals surface area contributed by atoms with E-state index in [1.54, 1.807) is 24.3 Å². The summed E-state index contributed by atoms with van der Waals surface area (Å²) in [7, 11) is 3.88. The van der Waals surface area contributed by atoms with Crippen LogP contribution in [0.25, 0.3) is 0 Å². The Morgan fingerprint density at radius 3 is 2.21 bits per heavy atom. The van der Waals surface area contributed by atoms with Gasteiger partial charge in [0.1, 0.15) is 6.54 Å². The summed E-state index contributed by atoms with van der Waals surface area (Å²) in [6.07, 6.45) is 0. The van der Waals surface area contributed by atoms with Gasteiger partial charge in [-0.15, -0.1) is 0 Å². The molecule has 0 saturated carbocycles. The highest BCUT2D eigenvalue weighted by atomic mass is 35.5. The number of rotatable bonds is 5. The highest BCUT2D eigenvalue weighted by molar-refractivity contribution is 6.30. The van der Waals surface area contributed by atoms with Crippen molar-refractivity contribution in [2.45, 2.75) is 6.92 Å². The van der Waals surface area contributed by atoms with Gasteiger partial charge < -0.3 is 15.1 Å². The summed E-state index contributed by atoms with van der Waals surface area (Å²) in [6, 6.07) is 14.3. The van der Waals surface area contributed by atoms with E-state index in [4.69, 9.17) is 11.6 Å². The van der Waals surface area contributed by atoms with Crippen LogP contribution in [0.5, 0.6) is 0 Å². The van der Waals surface area contributed by atoms with Crippen LogP contribution in [0, 0.1) is 0 Å². The molecule has 0 aliphatic heterocycles. The van der Waals surface area contributed by atoms with Gasteiger partial charge in [0.15, 0.2) is 0 Å². The number of hydrogen-bond acceptors (Lipinski definition) is 3. The summed E-state index contributed by atoms with van der Waals surface area (Å²) < 4.78 is 0. The largest absolute Gasteiger partial charge is 0.378 e. The lowest BCUT2D eigenvalue weighted by molar-refractivity contribution is -0.120. The van der Waals surface area contributed by atoms with Crippen LogP contribution in [0.2, 0.25) is 5.02 Å². The molecular weight excluding hydrogens is 326 g/mol. The monoisotopic (exact) mass is 345 g/mol. The Bertz CT molecular complexity index is 729. The molecule has 0 fully saturated rings. The zero-order valence-corrected chi connectivity index (χ0v) is 14.7. The van der Waals surface area contributed by atoms with Crippen molar-refractivity contribution in [2.24, 2.45) is 0 Å². The van der Waals surface area contributed by atoms with E-state index in [1.165, 1.54) is 11.8 Å². The standard InChI is InChI=1S/C18H20ClN3O2/c1-13(23)22(17-9-7-16(8-10-17)21(2)3)12-18(24)20-15-6-4-5-14(19)11-15/h4-11H,12H2,1-3H3,(H,20,24). The Labute approximate surface area is 146 Å². The molecule has 0 aromatic heterocycles. The first-order valence-corrected chi connectivity index (χ1v) is 7.85. The summed E-state index contributed by atoms with van der Waals surface area (Å²) in [5.41, 5.74) is 2.29. The number of benzene rings is 2. The van der Waals surface area contributed by atoms with Gasteiger partial charge in [-0.2, -0.15) is 0 Å². The van der Waals surface area contributed by atoms with E-state index in [0.717, 1.165) is 5.69 Å². The SMILES string of the molecule is CC(=O)N(CC(=O)Nc1cccc(Cl)c1)c1ccc(N(C)C)cc1. The molecule has 0 bridgehead atoms. The van der Waals surface area contributed by atoms with Gasteiger partial charge in [0.2, 0.25) is 11.8 Å². The predicted molar refractivity (Wildman–Crippen MR) is 98.9 cm³/mol.